The number of amides is 1. The van der Waals surface area contributed by atoms with Crippen LogP contribution in [-0.4, -0.2) is 25.9 Å². The Labute approximate surface area is 99.4 Å². The van der Waals surface area contributed by atoms with Gasteiger partial charge in [0, 0.05) is 23.9 Å². The number of benzene rings is 1. The Balaban J connectivity index is 2.73. The van der Waals surface area contributed by atoms with Crippen molar-refractivity contribution in [2.24, 2.45) is 0 Å². The number of carbonyl (C=O) groups excluding carboxylic acids is 1. The summed E-state index contributed by atoms with van der Waals surface area (Å²) in [5, 5.41) is 11.4. The third kappa shape index (κ3) is 3.72. The van der Waals surface area contributed by atoms with Crippen molar-refractivity contribution in [3.63, 3.8) is 0 Å². The first-order chi connectivity index (χ1) is 7.65. The minimum absolute atomic E-state index is 0.233. The van der Waals surface area contributed by atoms with Crippen molar-refractivity contribution >= 4 is 23.4 Å². The number of rotatable bonds is 5. The maximum absolute atomic E-state index is 10.9. The Hall–Kier alpha value is -1.26. The second-order valence-corrected chi connectivity index (χ2v) is 3.53. The third-order valence-corrected chi connectivity index (χ3v) is 2.24. The van der Waals surface area contributed by atoms with Gasteiger partial charge in [0.05, 0.1) is 6.61 Å². The van der Waals surface area contributed by atoms with E-state index < -0.39 is 6.09 Å². The van der Waals surface area contributed by atoms with Crippen LogP contribution in [0.5, 0.6) is 0 Å². The van der Waals surface area contributed by atoms with E-state index in [9.17, 15) is 9.90 Å². The molecule has 0 atom stereocenters. The molecule has 0 aliphatic heterocycles. The van der Waals surface area contributed by atoms with Crippen molar-refractivity contribution in [3.8, 4) is 0 Å². The van der Waals surface area contributed by atoms with Gasteiger partial charge in [0.15, 0.2) is 0 Å². The van der Waals surface area contributed by atoms with Crippen LogP contribution in [0, 0.1) is 0 Å². The van der Waals surface area contributed by atoms with Crippen molar-refractivity contribution in [2.75, 3.05) is 24.7 Å². The van der Waals surface area contributed by atoms with E-state index in [1.807, 2.05) is 6.92 Å². The normalized spacial score (nSPS) is 10.1. The highest BCUT2D eigenvalue weighted by Gasteiger charge is 2.07. The minimum atomic E-state index is -1.26. The van der Waals surface area contributed by atoms with E-state index in [0.29, 0.717) is 23.9 Å². The molecule has 1 rings (SSSR count). The van der Waals surface area contributed by atoms with Gasteiger partial charge in [-0.25, -0.2) is 0 Å². The Morgan fingerprint density at radius 1 is 1.56 bits per heavy atom. The molecule has 0 spiro atoms. The first-order valence-corrected chi connectivity index (χ1v) is 5.34. The molecule has 0 fully saturated rings. The fourth-order valence-corrected chi connectivity index (χ4v) is 1.45. The van der Waals surface area contributed by atoms with Crippen LogP contribution in [0.2, 0.25) is 5.02 Å². The van der Waals surface area contributed by atoms with Crippen molar-refractivity contribution in [1.82, 2.24) is 0 Å². The lowest BCUT2D eigenvalue weighted by Gasteiger charge is -2.25. The SMILES string of the molecule is CCOCCN(C(=O)[O-])c1cccc(Cl)c1. The molecule has 0 N–H and O–H groups in total. The van der Waals surface area contributed by atoms with Crippen molar-refractivity contribution in [3.05, 3.63) is 29.3 Å². The minimum Gasteiger partial charge on any atom is -0.530 e. The van der Waals surface area contributed by atoms with Crippen LogP contribution >= 0.6 is 11.6 Å². The summed E-state index contributed by atoms with van der Waals surface area (Å²) in [5.74, 6) is 0. The molecule has 1 aromatic carbocycles. The standard InChI is InChI=1S/C11H14ClNO3/c1-2-16-7-6-13(11(14)15)10-5-3-4-9(12)8-10/h3-5,8H,2,6-7H2,1H3,(H,14,15)/p-1. The van der Waals surface area contributed by atoms with Gasteiger partial charge in [-0.3, -0.25) is 0 Å². The maximum atomic E-state index is 10.9. The third-order valence-electron chi connectivity index (χ3n) is 2.00. The summed E-state index contributed by atoms with van der Waals surface area (Å²) in [4.78, 5) is 12.0. The van der Waals surface area contributed by atoms with Crippen LogP contribution in [-0.2, 0) is 4.74 Å². The predicted molar refractivity (Wildman–Crippen MR) is 60.7 cm³/mol. The molecule has 1 aromatic rings. The fourth-order valence-electron chi connectivity index (χ4n) is 1.27. The summed E-state index contributed by atoms with van der Waals surface area (Å²) in [6, 6.07) is 6.60. The Bertz CT molecular complexity index is 357. The van der Waals surface area contributed by atoms with Gasteiger partial charge in [-0.1, -0.05) is 17.7 Å². The van der Waals surface area contributed by atoms with Gasteiger partial charge in [0.2, 0.25) is 0 Å². The van der Waals surface area contributed by atoms with E-state index in [1.165, 1.54) is 0 Å². The number of nitrogens with zero attached hydrogens (tertiary/aromatic N) is 1. The van der Waals surface area contributed by atoms with Crippen molar-refractivity contribution < 1.29 is 14.6 Å². The summed E-state index contributed by atoms with van der Waals surface area (Å²) in [7, 11) is 0. The molecule has 0 bridgehead atoms. The van der Waals surface area contributed by atoms with E-state index in [0.717, 1.165) is 4.90 Å². The molecule has 88 valence electrons. The zero-order valence-corrected chi connectivity index (χ0v) is 9.74. The van der Waals surface area contributed by atoms with Crippen molar-refractivity contribution in [2.45, 2.75) is 6.92 Å². The molecule has 0 saturated heterocycles. The Morgan fingerprint density at radius 3 is 2.88 bits per heavy atom. The van der Waals surface area contributed by atoms with Gasteiger partial charge in [0.1, 0.15) is 6.09 Å². The van der Waals surface area contributed by atoms with E-state index >= 15 is 0 Å². The zero-order valence-electron chi connectivity index (χ0n) is 8.98. The molecular formula is C11H13ClNO3-. The molecule has 4 nitrogen and oxygen atoms in total. The summed E-state index contributed by atoms with van der Waals surface area (Å²) >= 11 is 5.78. The first-order valence-electron chi connectivity index (χ1n) is 4.97. The number of halogens is 1. The second-order valence-electron chi connectivity index (χ2n) is 3.09. The Morgan fingerprint density at radius 2 is 2.31 bits per heavy atom. The summed E-state index contributed by atoms with van der Waals surface area (Å²) in [5.41, 5.74) is 0.493. The van der Waals surface area contributed by atoms with Gasteiger partial charge in [-0.15, -0.1) is 0 Å². The number of carbonyl (C=O) groups is 1. The number of ether oxygens (including phenoxy) is 1. The van der Waals surface area contributed by atoms with Crippen LogP contribution in [0.3, 0.4) is 0 Å². The monoisotopic (exact) mass is 242 g/mol. The molecule has 0 aliphatic carbocycles. The van der Waals surface area contributed by atoms with Crippen LogP contribution in [0.25, 0.3) is 0 Å². The number of hydrogen-bond acceptors (Lipinski definition) is 3. The molecule has 5 heteroatoms. The molecular weight excluding hydrogens is 230 g/mol. The number of hydrogen-bond donors (Lipinski definition) is 0. The van der Waals surface area contributed by atoms with E-state index in [2.05, 4.69) is 0 Å². The predicted octanol–water partition coefficient (Wildman–Crippen LogP) is 1.53. The van der Waals surface area contributed by atoms with E-state index in [-0.39, 0.29) is 6.54 Å². The number of anilines is 1. The van der Waals surface area contributed by atoms with Gasteiger partial charge >= 0.3 is 0 Å². The van der Waals surface area contributed by atoms with Crippen LogP contribution in [0.1, 0.15) is 6.92 Å². The van der Waals surface area contributed by atoms with Crippen LogP contribution in [0.4, 0.5) is 10.5 Å². The zero-order chi connectivity index (χ0) is 12.0. The van der Waals surface area contributed by atoms with Crippen molar-refractivity contribution in [1.29, 1.82) is 0 Å². The second kappa shape index (κ2) is 6.35. The van der Waals surface area contributed by atoms with Gasteiger partial charge in [0.25, 0.3) is 0 Å². The maximum Gasteiger partial charge on any atom is 0.141 e. The lowest BCUT2D eigenvalue weighted by Crippen LogP contribution is -2.43. The topological polar surface area (TPSA) is 52.6 Å². The average Bonchev–Trinajstić information content (AvgIpc) is 2.24. The average molecular weight is 243 g/mol. The molecule has 0 radical (unpaired) electrons. The Kier molecular flexibility index (Phi) is 5.08. The summed E-state index contributed by atoms with van der Waals surface area (Å²) in [6.45, 7) is 2.96. The van der Waals surface area contributed by atoms with Crippen LogP contribution in [0.15, 0.2) is 24.3 Å². The molecule has 0 aromatic heterocycles. The van der Waals surface area contributed by atoms with Gasteiger partial charge in [-0.05, 0) is 25.1 Å². The molecule has 0 heterocycles. The van der Waals surface area contributed by atoms with Crippen LogP contribution < -0.4 is 10.0 Å². The molecule has 0 aliphatic rings. The lowest BCUT2D eigenvalue weighted by atomic mass is 10.3. The van der Waals surface area contributed by atoms with Gasteiger partial charge in [-0.2, -0.15) is 0 Å². The highest BCUT2D eigenvalue weighted by Crippen LogP contribution is 2.18. The fraction of sp³-hybridized carbons (Fsp3) is 0.364. The highest BCUT2D eigenvalue weighted by atomic mass is 35.5. The highest BCUT2D eigenvalue weighted by molar-refractivity contribution is 6.30. The first kappa shape index (κ1) is 12.8. The summed E-state index contributed by atoms with van der Waals surface area (Å²) < 4.78 is 5.10. The lowest BCUT2D eigenvalue weighted by molar-refractivity contribution is -0.246. The van der Waals surface area contributed by atoms with E-state index in [4.69, 9.17) is 16.3 Å². The quantitative estimate of drug-likeness (QED) is 0.736. The molecule has 16 heavy (non-hydrogen) atoms. The summed E-state index contributed by atoms with van der Waals surface area (Å²) in [6.07, 6.45) is -1.26. The van der Waals surface area contributed by atoms with Gasteiger partial charge < -0.3 is 19.5 Å². The largest absolute Gasteiger partial charge is 0.530 e. The van der Waals surface area contributed by atoms with E-state index in [1.54, 1.807) is 24.3 Å². The molecule has 0 unspecified atom stereocenters. The molecule has 1 amide bonds. The smallest absolute Gasteiger partial charge is 0.141 e. The number of carboxylic acid groups (broad SMARTS) is 1. The molecule has 0 saturated carbocycles.